The van der Waals surface area contributed by atoms with Gasteiger partial charge < -0.3 is 16.0 Å². The molecule has 182 valence electrons. The van der Waals surface area contributed by atoms with Crippen LogP contribution in [0.3, 0.4) is 0 Å². The summed E-state index contributed by atoms with van der Waals surface area (Å²) in [5.41, 5.74) is 1.60. The summed E-state index contributed by atoms with van der Waals surface area (Å²) in [5, 5.41) is 17.1. The topological polar surface area (TPSA) is 137 Å². The Hall–Kier alpha value is -2.16. The maximum atomic E-state index is 12.9. The van der Waals surface area contributed by atoms with E-state index in [0.717, 1.165) is 64.2 Å². The van der Waals surface area contributed by atoms with Crippen LogP contribution in [-0.2, 0) is 19.2 Å². The van der Waals surface area contributed by atoms with Crippen molar-refractivity contribution in [2.75, 3.05) is 0 Å². The Morgan fingerprint density at radius 3 is 1.53 bits per heavy atom. The van der Waals surface area contributed by atoms with Gasteiger partial charge in [0.1, 0.15) is 0 Å². The Morgan fingerprint density at radius 2 is 1.09 bits per heavy atom. The highest BCUT2D eigenvalue weighted by molar-refractivity contribution is 6.07. The van der Waals surface area contributed by atoms with Gasteiger partial charge in [-0.15, -0.1) is 0 Å². The molecule has 32 heavy (non-hydrogen) atoms. The van der Waals surface area contributed by atoms with E-state index in [1.807, 2.05) is 0 Å². The van der Waals surface area contributed by atoms with E-state index in [1.54, 1.807) is 5.48 Å². The fourth-order valence-corrected chi connectivity index (χ4v) is 4.53. The maximum Gasteiger partial charge on any atom is 0.252 e. The van der Waals surface area contributed by atoms with Crippen molar-refractivity contribution in [1.82, 2.24) is 21.4 Å². The van der Waals surface area contributed by atoms with Crippen molar-refractivity contribution in [2.45, 2.75) is 121 Å². The second-order valence-corrected chi connectivity index (χ2v) is 9.14. The van der Waals surface area contributed by atoms with E-state index < -0.39 is 23.8 Å². The van der Waals surface area contributed by atoms with Crippen molar-refractivity contribution in [3.8, 4) is 0 Å². The normalized spacial score (nSPS) is 17.6. The van der Waals surface area contributed by atoms with Gasteiger partial charge in [-0.05, 0) is 38.5 Å². The Kier molecular flexibility index (Phi) is 12.1. The molecule has 0 spiro atoms. The molecule has 2 aliphatic rings. The number of rotatable bonds is 12. The van der Waals surface area contributed by atoms with Gasteiger partial charge in [-0.2, -0.15) is 0 Å². The Morgan fingerprint density at radius 1 is 0.656 bits per heavy atom. The molecule has 0 saturated heterocycles. The zero-order chi connectivity index (χ0) is 23.2. The second kappa shape index (κ2) is 14.8. The second-order valence-electron chi connectivity index (χ2n) is 9.14. The number of hydrogen-bond acceptors (Lipinski definition) is 5. The lowest BCUT2D eigenvalue weighted by Gasteiger charge is -2.28. The van der Waals surface area contributed by atoms with Gasteiger partial charge in [0.15, 0.2) is 6.04 Å². The van der Waals surface area contributed by atoms with Crippen molar-refractivity contribution in [1.29, 1.82) is 0 Å². The molecule has 0 bridgehead atoms. The number of nitrogens with one attached hydrogen (secondary N) is 4. The van der Waals surface area contributed by atoms with E-state index in [-0.39, 0.29) is 30.8 Å². The number of hydroxylamine groups is 1. The highest BCUT2D eigenvalue weighted by atomic mass is 16.5. The fourth-order valence-electron chi connectivity index (χ4n) is 4.53. The van der Waals surface area contributed by atoms with E-state index in [4.69, 9.17) is 5.21 Å². The largest absolute Gasteiger partial charge is 0.351 e. The van der Waals surface area contributed by atoms with Crippen molar-refractivity contribution in [3.05, 3.63) is 0 Å². The van der Waals surface area contributed by atoms with Crippen LogP contribution in [-0.4, -0.2) is 47.0 Å². The first-order valence-electron chi connectivity index (χ1n) is 12.3. The molecule has 0 heterocycles. The first-order chi connectivity index (χ1) is 15.5. The predicted molar refractivity (Wildman–Crippen MR) is 120 cm³/mol. The lowest BCUT2D eigenvalue weighted by molar-refractivity contribution is -0.137. The van der Waals surface area contributed by atoms with Crippen molar-refractivity contribution in [3.63, 3.8) is 0 Å². The number of carbonyl (C=O) groups excluding carboxylic acids is 4. The monoisotopic (exact) mass is 452 g/mol. The zero-order valence-corrected chi connectivity index (χ0v) is 19.1. The summed E-state index contributed by atoms with van der Waals surface area (Å²) in [6, 6.07) is -1.08. The molecule has 5 N–H and O–H groups in total. The molecule has 2 aliphatic carbocycles. The SMILES string of the molecule is O=C(CCCCCCC(=O)NC(C(=O)NC1CCCCC1)C(=O)NC1CCCCC1)NO. The summed E-state index contributed by atoms with van der Waals surface area (Å²) in [6.07, 6.45) is 13.4. The van der Waals surface area contributed by atoms with Crippen LogP contribution in [0.15, 0.2) is 0 Å². The molecule has 0 atom stereocenters. The van der Waals surface area contributed by atoms with Gasteiger partial charge >= 0.3 is 0 Å². The third kappa shape index (κ3) is 9.97. The molecule has 2 fully saturated rings. The van der Waals surface area contributed by atoms with Crippen molar-refractivity contribution >= 4 is 23.6 Å². The summed E-state index contributed by atoms with van der Waals surface area (Å²) in [4.78, 5) is 49.2. The molecule has 0 aromatic carbocycles. The molecule has 0 aromatic rings. The summed E-state index contributed by atoms with van der Waals surface area (Å²) in [7, 11) is 0. The van der Waals surface area contributed by atoms with Crippen LogP contribution in [0, 0.1) is 0 Å². The molecule has 0 unspecified atom stereocenters. The van der Waals surface area contributed by atoms with Crippen molar-refractivity contribution in [2.24, 2.45) is 0 Å². The zero-order valence-electron chi connectivity index (χ0n) is 19.1. The minimum atomic E-state index is -1.21. The lowest BCUT2D eigenvalue weighted by Crippen LogP contribution is -2.58. The van der Waals surface area contributed by atoms with E-state index in [9.17, 15) is 19.2 Å². The van der Waals surface area contributed by atoms with E-state index in [1.165, 1.54) is 12.8 Å². The minimum absolute atomic E-state index is 0.0641. The molecule has 4 amide bonds. The van der Waals surface area contributed by atoms with E-state index >= 15 is 0 Å². The molecular formula is C23H40N4O5. The van der Waals surface area contributed by atoms with Crippen molar-refractivity contribution < 1.29 is 24.4 Å². The summed E-state index contributed by atoms with van der Waals surface area (Å²) >= 11 is 0. The number of carbonyl (C=O) groups is 4. The van der Waals surface area contributed by atoms with E-state index in [0.29, 0.717) is 12.8 Å². The van der Waals surface area contributed by atoms with Crippen LogP contribution in [0.4, 0.5) is 0 Å². The number of hydrogen-bond donors (Lipinski definition) is 5. The van der Waals surface area contributed by atoms with Crippen LogP contribution in [0.5, 0.6) is 0 Å². The molecule has 0 aliphatic heterocycles. The first-order valence-corrected chi connectivity index (χ1v) is 12.3. The quantitative estimate of drug-likeness (QED) is 0.134. The van der Waals surface area contributed by atoms with Gasteiger partial charge in [-0.1, -0.05) is 51.4 Å². The lowest BCUT2D eigenvalue weighted by atomic mass is 9.94. The summed E-state index contributed by atoms with van der Waals surface area (Å²) < 4.78 is 0. The predicted octanol–water partition coefficient (Wildman–Crippen LogP) is 2.22. The first kappa shape index (κ1) is 26.1. The third-order valence-electron chi connectivity index (χ3n) is 6.42. The average molecular weight is 453 g/mol. The maximum absolute atomic E-state index is 12.9. The Balaban J connectivity index is 1.82. The Bertz CT molecular complexity index is 584. The van der Waals surface area contributed by atoms with Gasteiger partial charge in [0.25, 0.3) is 11.8 Å². The summed E-state index contributed by atoms with van der Waals surface area (Å²) in [6.45, 7) is 0. The molecule has 9 heteroatoms. The highest BCUT2D eigenvalue weighted by Crippen LogP contribution is 2.19. The van der Waals surface area contributed by atoms with Crippen LogP contribution in [0.25, 0.3) is 0 Å². The van der Waals surface area contributed by atoms with Crippen LogP contribution in [0.2, 0.25) is 0 Å². The summed E-state index contributed by atoms with van der Waals surface area (Å²) in [5.74, 6) is -1.58. The minimum Gasteiger partial charge on any atom is -0.351 e. The van der Waals surface area contributed by atoms with Gasteiger partial charge in [0.05, 0.1) is 0 Å². The van der Waals surface area contributed by atoms with E-state index in [2.05, 4.69) is 16.0 Å². The molecular weight excluding hydrogens is 412 g/mol. The van der Waals surface area contributed by atoms with Gasteiger partial charge in [0.2, 0.25) is 11.8 Å². The number of unbranched alkanes of at least 4 members (excludes halogenated alkanes) is 3. The fraction of sp³-hybridized carbons (Fsp3) is 0.826. The van der Waals surface area contributed by atoms with Crippen LogP contribution < -0.4 is 21.4 Å². The highest BCUT2D eigenvalue weighted by Gasteiger charge is 2.31. The van der Waals surface area contributed by atoms with Crippen LogP contribution in [0.1, 0.15) is 103 Å². The average Bonchev–Trinajstić information content (AvgIpc) is 2.80. The van der Waals surface area contributed by atoms with Gasteiger partial charge in [0, 0.05) is 24.9 Å². The third-order valence-corrected chi connectivity index (χ3v) is 6.42. The Labute approximate surface area is 190 Å². The number of amides is 4. The molecule has 0 aromatic heterocycles. The standard InChI is InChI=1S/C23H40N4O5/c28-19(15-9-1-2-10-16-20(29)27-32)26-21(22(30)24-17-11-5-3-6-12-17)23(31)25-18-13-7-4-8-14-18/h17-18,21,32H,1-16H2,(H,24,30)(H,25,31)(H,26,28)(H,27,29). The van der Waals surface area contributed by atoms with Gasteiger partial charge in [-0.25, -0.2) is 5.48 Å². The van der Waals surface area contributed by atoms with Crippen LogP contribution >= 0.6 is 0 Å². The van der Waals surface area contributed by atoms with Gasteiger partial charge in [-0.3, -0.25) is 24.4 Å². The molecule has 9 nitrogen and oxygen atoms in total. The smallest absolute Gasteiger partial charge is 0.252 e. The molecule has 2 rings (SSSR count). The molecule has 2 saturated carbocycles. The molecule has 0 radical (unpaired) electrons.